The fraction of sp³-hybridized carbons (Fsp3) is 0.700. The second-order valence-electron chi connectivity index (χ2n) is 8.20. The summed E-state index contributed by atoms with van der Waals surface area (Å²) in [5.74, 6) is -0.227. The number of halogens is 1. The summed E-state index contributed by atoms with van der Waals surface area (Å²) in [4.78, 5) is 2.42. The van der Waals surface area contributed by atoms with E-state index in [0.717, 1.165) is 19.4 Å². The van der Waals surface area contributed by atoms with Crippen LogP contribution in [0, 0.1) is 0 Å². The Kier molecular flexibility index (Phi) is 8.76. The third-order valence-electron chi connectivity index (χ3n) is 6.10. The molecule has 8 nitrogen and oxygen atoms in total. The van der Waals surface area contributed by atoms with Gasteiger partial charge in [0.1, 0.15) is 0 Å². The van der Waals surface area contributed by atoms with Crippen molar-refractivity contribution in [1.29, 1.82) is 0 Å². The molecule has 1 N–H and O–H groups in total. The van der Waals surface area contributed by atoms with Crippen LogP contribution in [0.2, 0.25) is 5.02 Å². The number of likely N-dealkylation sites (tertiary alicyclic amines) is 1. The highest BCUT2D eigenvalue weighted by atomic mass is 35.5. The Morgan fingerprint density at radius 2 is 1.71 bits per heavy atom. The van der Waals surface area contributed by atoms with E-state index >= 15 is 0 Å². The van der Waals surface area contributed by atoms with E-state index in [4.69, 9.17) is 11.6 Å². The van der Waals surface area contributed by atoms with Gasteiger partial charge in [-0.05, 0) is 50.6 Å². The Labute approximate surface area is 191 Å². The van der Waals surface area contributed by atoms with Crippen molar-refractivity contribution in [2.75, 3.05) is 58.1 Å². The first-order valence-corrected chi connectivity index (χ1v) is 14.3. The molecular formula is C20H33ClN4O4S2. The molecule has 1 aromatic rings. The van der Waals surface area contributed by atoms with E-state index in [1.807, 2.05) is 0 Å². The number of benzene rings is 1. The van der Waals surface area contributed by atoms with Crippen molar-refractivity contribution in [3.63, 3.8) is 0 Å². The molecule has 176 valence electrons. The molecule has 0 bridgehead atoms. The highest BCUT2D eigenvalue weighted by Gasteiger charge is 2.30. The molecule has 3 rings (SSSR count). The number of rotatable bonds is 9. The first-order chi connectivity index (χ1) is 14.7. The molecule has 0 aliphatic carbocycles. The van der Waals surface area contributed by atoms with Crippen molar-refractivity contribution < 1.29 is 16.8 Å². The maximum atomic E-state index is 13.3. The molecule has 1 aromatic carbocycles. The first-order valence-electron chi connectivity index (χ1n) is 10.9. The second kappa shape index (κ2) is 10.9. The Morgan fingerprint density at radius 1 is 1.03 bits per heavy atom. The number of nitrogens with one attached hydrogen (secondary N) is 1. The van der Waals surface area contributed by atoms with Gasteiger partial charge in [0.2, 0.25) is 20.0 Å². The molecule has 0 aromatic heterocycles. The van der Waals surface area contributed by atoms with Crippen LogP contribution in [-0.2, 0) is 20.0 Å². The van der Waals surface area contributed by atoms with E-state index < -0.39 is 20.0 Å². The van der Waals surface area contributed by atoms with Gasteiger partial charge in [-0.3, -0.25) is 4.90 Å². The van der Waals surface area contributed by atoms with E-state index in [2.05, 4.69) is 17.1 Å². The summed E-state index contributed by atoms with van der Waals surface area (Å²) in [5.41, 5.74) is 0. The Balaban J connectivity index is 1.75. The number of nitrogens with zero attached hydrogens (tertiary/aromatic N) is 3. The van der Waals surface area contributed by atoms with E-state index in [-0.39, 0.29) is 23.7 Å². The summed E-state index contributed by atoms with van der Waals surface area (Å²) < 4.78 is 55.0. The van der Waals surface area contributed by atoms with E-state index in [9.17, 15) is 16.8 Å². The first kappa shape index (κ1) is 24.9. The summed E-state index contributed by atoms with van der Waals surface area (Å²) in [6.45, 7) is 5.92. The third kappa shape index (κ3) is 6.63. The van der Waals surface area contributed by atoms with E-state index in [1.54, 1.807) is 0 Å². The zero-order chi connectivity index (χ0) is 22.5. The molecule has 2 aliphatic heterocycles. The largest absolute Gasteiger partial charge is 0.314 e. The van der Waals surface area contributed by atoms with Crippen LogP contribution >= 0.6 is 11.6 Å². The molecule has 1 atom stereocenters. The van der Waals surface area contributed by atoms with Gasteiger partial charge in [0, 0.05) is 56.9 Å². The molecule has 0 amide bonds. The van der Waals surface area contributed by atoms with E-state index in [1.165, 1.54) is 39.3 Å². The maximum Gasteiger partial charge on any atom is 0.243 e. The van der Waals surface area contributed by atoms with Crippen LogP contribution < -0.4 is 5.32 Å². The molecule has 0 spiro atoms. The quantitative estimate of drug-likeness (QED) is 0.561. The lowest BCUT2D eigenvalue weighted by Gasteiger charge is -2.35. The molecule has 0 radical (unpaired) electrons. The van der Waals surface area contributed by atoms with Crippen molar-refractivity contribution in [2.45, 2.75) is 37.1 Å². The molecule has 2 saturated heterocycles. The second-order valence-corrected chi connectivity index (χ2v) is 12.7. The Morgan fingerprint density at radius 3 is 2.35 bits per heavy atom. The highest BCUT2D eigenvalue weighted by Crippen LogP contribution is 2.21. The normalized spacial score (nSPS) is 22.1. The topological polar surface area (TPSA) is 90.0 Å². The zero-order valence-electron chi connectivity index (χ0n) is 18.0. The van der Waals surface area contributed by atoms with Crippen LogP contribution in [0.15, 0.2) is 29.2 Å². The predicted octanol–water partition coefficient (Wildman–Crippen LogP) is 1.44. The molecular weight excluding hydrogens is 460 g/mol. The minimum absolute atomic E-state index is 0.0700. The zero-order valence-corrected chi connectivity index (χ0v) is 20.4. The molecule has 11 heteroatoms. The fourth-order valence-corrected chi connectivity index (χ4v) is 7.23. The molecule has 0 unspecified atom stereocenters. The smallest absolute Gasteiger partial charge is 0.243 e. The minimum Gasteiger partial charge on any atom is -0.314 e. The Hall–Kier alpha value is -0.750. The highest BCUT2D eigenvalue weighted by molar-refractivity contribution is 7.90. The molecule has 2 heterocycles. The molecule has 0 saturated carbocycles. The fourth-order valence-electron chi connectivity index (χ4n) is 4.11. The van der Waals surface area contributed by atoms with Crippen molar-refractivity contribution in [3.05, 3.63) is 29.3 Å². The average Bonchev–Trinajstić information content (AvgIpc) is 2.75. The monoisotopic (exact) mass is 492 g/mol. The van der Waals surface area contributed by atoms with Gasteiger partial charge in [-0.25, -0.2) is 16.8 Å². The summed E-state index contributed by atoms with van der Waals surface area (Å²) in [6, 6.07) is 6.42. The van der Waals surface area contributed by atoms with Gasteiger partial charge in [0.05, 0.1) is 10.6 Å². The van der Waals surface area contributed by atoms with Crippen LogP contribution in [0.3, 0.4) is 0 Å². The summed E-state index contributed by atoms with van der Waals surface area (Å²) in [5, 5.41) is 3.59. The summed E-state index contributed by atoms with van der Waals surface area (Å²) >= 11 is 5.92. The minimum atomic E-state index is -3.84. The summed E-state index contributed by atoms with van der Waals surface area (Å²) in [7, 11) is -7.37. The molecule has 2 fully saturated rings. The lowest BCUT2D eigenvalue weighted by atomic mass is 10.0. The van der Waals surface area contributed by atoms with Crippen LogP contribution in [-0.4, -0.2) is 94.5 Å². The third-order valence-corrected chi connectivity index (χ3v) is 10.1. The van der Waals surface area contributed by atoms with Crippen LogP contribution in [0.5, 0.6) is 0 Å². The molecule has 2 aliphatic rings. The summed E-state index contributed by atoms with van der Waals surface area (Å²) in [6.07, 6.45) is 3.39. The van der Waals surface area contributed by atoms with Crippen molar-refractivity contribution in [2.24, 2.45) is 0 Å². The van der Waals surface area contributed by atoms with E-state index in [0.29, 0.717) is 43.8 Å². The predicted molar refractivity (Wildman–Crippen MR) is 123 cm³/mol. The average molecular weight is 493 g/mol. The van der Waals surface area contributed by atoms with Gasteiger partial charge in [-0.1, -0.05) is 18.0 Å². The lowest BCUT2D eigenvalue weighted by Crippen LogP contribution is -2.49. The van der Waals surface area contributed by atoms with Gasteiger partial charge in [0.15, 0.2) is 0 Å². The van der Waals surface area contributed by atoms with Gasteiger partial charge in [-0.2, -0.15) is 8.61 Å². The number of sulfonamides is 2. The molecule has 31 heavy (non-hydrogen) atoms. The van der Waals surface area contributed by atoms with Gasteiger partial charge in [0.25, 0.3) is 0 Å². The SMILES string of the molecule is C[C@H]1CCCCN1CCN(CCS(=O)(=O)N1CCNCC1)S(=O)(=O)c1ccc(Cl)cc1. The van der Waals surface area contributed by atoms with Gasteiger partial charge < -0.3 is 5.32 Å². The van der Waals surface area contributed by atoms with Crippen LogP contribution in [0.1, 0.15) is 26.2 Å². The lowest BCUT2D eigenvalue weighted by molar-refractivity contribution is 0.152. The van der Waals surface area contributed by atoms with Crippen molar-refractivity contribution in [3.8, 4) is 0 Å². The van der Waals surface area contributed by atoms with Crippen molar-refractivity contribution >= 4 is 31.6 Å². The van der Waals surface area contributed by atoms with Gasteiger partial charge >= 0.3 is 0 Å². The Bertz CT molecular complexity index is 919. The van der Waals surface area contributed by atoms with Gasteiger partial charge in [-0.15, -0.1) is 0 Å². The number of hydrogen-bond donors (Lipinski definition) is 1. The number of piperidine rings is 1. The van der Waals surface area contributed by atoms with Crippen molar-refractivity contribution in [1.82, 2.24) is 18.8 Å². The van der Waals surface area contributed by atoms with Crippen LogP contribution in [0.25, 0.3) is 0 Å². The van der Waals surface area contributed by atoms with Crippen LogP contribution in [0.4, 0.5) is 0 Å². The maximum absolute atomic E-state index is 13.3. The standard InChI is InChI=1S/C20H33ClN4O4S2/c1-18-4-2-3-11-23(18)14-15-25(31(28,29)20-7-5-19(21)6-8-20)16-17-30(26,27)24-12-9-22-10-13-24/h5-8,18,22H,2-4,9-17H2,1H3/t18-/m0/s1. The number of hydrogen-bond acceptors (Lipinski definition) is 6. The number of piperazine rings is 1.